The molecule has 0 radical (unpaired) electrons. The zero-order valence-corrected chi connectivity index (χ0v) is 17.9. The number of halogens is 4. The van der Waals surface area contributed by atoms with Gasteiger partial charge < -0.3 is 20.5 Å². The lowest BCUT2D eigenvalue weighted by atomic mass is 9.93. The Labute approximate surface area is 187 Å². The number of carbonyl (C=O) groups is 2. The molecule has 0 atom stereocenters. The van der Waals surface area contributed by atoms with Crippen molar-refractivity contribution < 1.29 is 23.8 Å². The molecule has 0 spiro atoms. The SMILES string of the molecule is O=C(O)CNC(=O)c1cc(Cl)c(OCc2cc(Cl)cc(NC3CCC3)c2F)c(Cl)c1. The molecule has 160 valence electrons. The van der Waals surface area contributed by atoms with Gasteiger partial charge in [0.1, 0.15) is 13.2 Å². The molecule has 0 heterocycles. The van der Waals surface area contributed by atoms with Gasteiger partial charge in [0.25, 0.3) is 5.91 Å². The van der Waals surface area contributed by atoms with Crippen molar-refractivity contribution in [3.63, 3.8) is 0 Å². The Morgan fingerprint density at radius 2 is 1.80 bits per heavy atom. The van der Waals surface area contributed by atoms with Gasteiger partial charge in [-0.2, -0.15) is 0 Å². The summed E-state index contributed by atoms with van der Waals surface area (Å²) < 4.78 is 20.4. The zero-order valence-electron chi connectivity index (χ0n) is 15.6. The van der Waals surface area contributed by atoms with Gasteiger partial charge in [-0.1, -0.05) is 34.8 Å². The van der Waals surface area contributed by atoms with Crippen LogP contribution in [0, 0.1) is 5.82 Å². The second-order valence-electron chi connectivity index (χ2n) is 6.83. The summed E-state index contributed by atoms with van der Waals surface area (Å²) in [6, 6.07) is 5.80. The van der Waals surface area contributed by atoms with Crippen LogP contribution in [0.15, 0.2) is 24.3 Å². The van der Waals surface area contributed by atoms with Crippen LogP contribution in [0.1, 0.15) is 35.2 Å². The summed E-state index contributed by atoms with van der Waals surface area (Å²) in [6.07, 6.45) is 3.07. The van der Waals surface area contributed by atoms with Crippen LogP contribution >= 0.6 is 34.8 Å². The largest absolute Gasteiger partial charge is 0.486 e. The van der Waals surface area contributed by atoms with E-state index in [0.717, 1.165) is 19.3 Å². The topological polar surface area (TPSA) is 87.7 Å². The highest BCUT2D eigenvalue weighted by Crippen LogP contribution is 2.36. The number of nitrogens with one attached hydrogen (secondary N) is 2. The van der Waals surface area contributed by atoms with Crippen LogP contribution < -0.4 is 15.4 Å². The molecule has 3 rings (SSSR count). The van der Waals surface area contributed by atoms with Crippen molar-refractivity contribution >= 4 is 52.4 Å². The zero-order chi connectivity index (χ0) is 21.8. The summed E-state index contributed by atoms with van der Waals surface area (Å²) >= 11 is 18.5. The quantitative estimate of drug-likeness (QED) is 0.492. The summed E-state index contributed by atoms with van der Waals surface area (Å²) in [5.41, 5.74) is 0.604. The number of aliphatic carboxylic acids is 1. The number of benzene rings is 2. The molecule has 1 saturated carbocycles. The fourth-order valence-electron chi connectivity index (χ4n) is 2.87. The minimum absolute atomic E-state index is 0.0261. The molecular weight excluding hydrogens is 458 g/mol. The number of hydrogen-bond acceptors (Lipinski definition) is 4. The molecule has 6 nitrogen and oxygen atoms in total. The van der Waals surface area contributed by atoms with Crippen LogP contribution in [0.2, 0.25) is 15.1 Å². The Kier molecular flexibility index (Phi) is 7.28. The fraction of sp³-hybridized carbons (Fsp3) is 0.300. The van der Waals surface area contributed by atoms with E-state index in [4.69, 9.17) is 44.6 Å². The Bertz CT molecular complexity index is 960. The minimum Gasteiger partial charge on any atom is -0.486 e. The maximum Gasteiger partial charge on any atom is 0.322 e. The second-order valence-corrected chi connectivity index (χ2v) is 8.08. The number of rotatable bonds is 8. The van der Waals surface area contributed by atoms with E-state index >= 15 is 0 Å². The standard InChI is InChI=1S/C20H18Cl3FN2O4/c21-12-4-11(18(24)16(7-12)26-13-2-1-3-13)9-30-19-14(22)5-10(6-15(19)23)20(29)25-8-17(27)28/h4-7,13,26H,1-3,8-9H2,(H,25,29)(H,27,28). The van der Waals surface area contributed by atoms with Crippen molar-refractivity contribution in [3.05, 3.63) is 56.3 Å². The lowest BCUT2D eigenvalue weighted by Crippen LogP contribution is -2.29. The van der Waals surface area contributed by atoms with E-state index in [-0.39, 0.29) is 39.6 Å². The molecular formula is C20H18Cl3FN2O4. The normalized spacial score (nSPS) is 13.5. The number of hydrogen-bond donors (Lipinski definition) is 3. The minimum atomic E-state index is -1.18. The first kappa shape index (κ1) is 22.5. The maximum absolute atomic E-state index is 14.8. The highest BCUT2D eigenvalue weighted by atomic mass is 35.5. The van der Waals surface area contributed by atoms with Crippen molar-refractivity contribution in [2.45, 2.75) is 31.9 Å². The van der Waals surface area contributed by atoms with Gasteiger partial charge in [-0.25, -0.2) is 4.39 Å². The van der Waals surface area contributed by atoms with Gasteiger partial charge in [0.2, 0.25) is 0 Å². The Morgan fingerprint density at radius 3 is 2.37 bits per heavy atom. The molecule has 2 aromatic rings. The predicted molar refractivity (Wildman–Crippen MR) is 113 cm³/mol. The van der Waals surface area contributed by atoms with Crippen molar-refractivity contribution in [3.8, 4) is 5.75 Å². The first-order valence-corrected chi connectivity index (χ1v) is 10.2. The molecule has 1 amide bonds. The molecule has 2 aromatic carbocycles. The monoisotopic (exact) mass is 474 g/mol. The Balaban J connectivity index is 1.74. The summed E-state index contributed by atoms with van der Waals surface area (Å²) in [4.78, 5) is 22.5. The lowest BCUT2D eigenvalue weighted by molar-refractivity contribution is -0.135. The maximum atomic E-state index is 14.8. The molecule has 0 aromatic heterocycles. The van der Waals surface area contributed by atoms with Crippen LogP contribution in [-0.4, -0.2) is 29.6 Å². The summed E-state index contributed by atoms with van der Waals surface area (Å²) in [6.45, 7) is -0.729. The van der Waals surface area contributed by atoms with E-state index in [0.29, 0.717) is 10.7 Å². The molecule has 30 heavy (non-hydrogen) atoms. The molecule has 1 fully saturated rings. The number of amides is 1. The third kappa shape index (κ3) is 5.47. The van der Waals surface area contributed by atoms with E-state index in [9.17, 15) is 14.0 Å². The summed E-state index contributed by atoms with van der Waals surface area (Å²) in [5, 5.41) is 14.4. The summed E-state index contributed by atoms with van der Waals surface area (Å²) in [5.74, 6) is -2.24. The molecule has 0 unspecified atom stereocenters. The molecule has 10 heteroatoms. The van der Waals surface area contributed by atoms with Gasteiger partial charge in [-0.3, -0.25) is 9.59 Å². The number of carbonyl (C=O) groups excluding carboxylic acids is 1. The smallest absolute Gasteiger partial charge is 0.322 e. The van der Waals surface area contributed by atoms with Crippen LogP contribution in [0.25, 0.3) is 0 Å². The van der Waals surface area contributed by atoms with E-state index in [1.165, 1.54) is 24.3 Å². The van der Waals surface area contributed by atoms with Crippen molar-refractivity contribution in [2.75, 3.05) is 11.9 Å². The van der Waals surface area contributed by atoms with Crippen LogP contribution in [0.5, 0.6) is 5.75 Å². The predicted octanol–water partition coefficient (Wildman–Crippen LogP) is 5.14. The van der Waals surface area contributed by atoms with E-state index in [2.05, 4.69) is 10.6 Å². The third-order valence-corrected chi connectivity index (χ3v) is 5.39. The number of anilines is 1. The fourth-order valence-corrected chi connectivity index (χ4v) is 3.70. The number of carboxylic acids is 1. The highest BCUT2D eigenvalue weighted by molar-refractivity contribution is 6.37. The molecule has 1 aliphatic carbocycles. The Hall–Kier alpha value is -2.22. The Morgan fingerprint density at radius 1 is 1.13 bits per heavy atom. The first-order valence-electron chi connectivity index (χ1n) is 9.11. The van der Waals surface area contributed by atoms with Gasteiger partial charge in [0, 0.05) is 22.2 Å². The third-order valence-electron chi connectivity index (χ3n) is 4.61. The average molecular weight is 476 g/mol. The molecule has 1 aliphatic rings. The van der Waals surface area contributed by atoms with Gasteiger partial charge in [0.15, 0.2) is 11.6 Å². The molecule has 0 aliphatic heterocycles. The van der Waals surface area contributed by atoms with Crippen LogP contribution in [-0.2, 0) is 11.4 Å². The van der Waals surface area contributed by atoms with Gasteiger partial charge in [-0.15, -0.1) is 0 Å². The van der Waals surface area contributed by atoms with E-state index < -0.39 is 24.2 Å². The van der Waals surface area contributed by atoms with Crippen LogP contribution in [0.4, 0.5) is 10.1 Å². The van der Waals surface area contributed by atoms with E-state index in [1.807, 2.05) is 0 Å². The lowest BCUT2D eigenvalue weighted by Gasteiger charge is -2.28. The number of ether oxygens (including phenoxy) is 1. The van der Waals surface area contributed by atoms with Crippen LogP contribution in [0.3, 0.4) is 0 Å². The average Bonchev–Trinajstić information content (AvgIpc) is 2.64. The summed E-state index contributed by atoms with van der Waals surface area (Å²) in [7, 11) is 0. The van der Waals surface area contributed by atoms with Gasteiger partial charge in [-0.05, 0) is 43.5 Å². The van der Waals surface area contributed by atoms with Crippen molar-refractivity contribution in [2.24, 2.45) is 0 Å². The second kappa shape index (κ2) is 9.73. The number of carboxylic acid groups (broad SMARTS) is 1. The van der Waals surface area contributed by atoms with Gasteiger partial charge >= 0.3 is 5.97 Å². The molecule has 0 bridgehead atoms. The van der Waals surface area contributed by atoms with Crippen molar-refractivity contribution in [1.82, 2.24) is 5.32 Å². The van der Waals surface area contributed by atoms with Crippen molar-refractivity contribution in [1.29, 1.82) is 0 Å². The molecule has 3 N–H and O–H groups in total. The first-order chi connectivity index (χ1) is 14.2. The highest BCUT2D eigenvalue weighted by Gasteiger charge is 2.21. The van der Waals surface area contributed by atoms with E-state index in [1.54, 1.807) is 0 Å². The van der Waals surface area contributed by atoms with Gasteiger partial charge in [0.05, 0.1) is 15.7 Å². The molecule has 0 saturated heterocycles.